The number of allylic oxidation sites excluding steroid dienone is 2. The van der Waals surface area contributed by atoms with Crippen molar-refractivity contribution in [2.45, 2.75) is 18.9 Å². The lowest BCUT2D eigenvalue weighted by Crippen LogP contribution is -2.55. The first kappa shape index (κ1) is 17.6. The maximum atomic E-state index is 13.4. The number of ether oxygens (including phenoxy) is 1. The van der Waals surface area contributed by atoms with Crippen molar-refractivity contribution in [1.29, 1.82) is 0 Å². The van der Waals surface area contributed by atoms with Crippen LogP contribution in [0.5, 0.6) is 0 Å². The largest absolute Gasteiger partial charge is 0.378 e. The van der Waals surface area contributed by atoms with E-state index >= 15 is 0 Å². The zero-order valence-electron chi connectivity index (χ0n) is 15.7. The van der Waals surface area contributed by atoms with Gasteiger partial charge in [0.15, 0.2) is 0 Å². The predicted octanol–water partition coefficient (Wildman–Crippen LogP) is 1.26. The topological polar surface area (TPSA) is 66.9 Å². The summed E-state index contributed by atoms with van der Waals surface area (Å²) in [5.74, 6) is -0.728. The number of carbonyl (C=O) groups excluding carboxylic acids is 3. The number of carbonyl (C=O) groups is 3. The molecular weight excluding hydrogens is 356 g/mol. The third-order valence-corrected chi connectivity index (χ3v) is 6.70. The van der Waals surface area contributed by atoms with Crippen LogP contribution in [0.3, 0.4) is 0 Å². The van der Waals surface area contributed by atoms with E-state index in [-0.39, 0.29) is 41.4 Å². The van der Waals surface area contributed by atoms with Crippen molar-refractivity contribution >= 4 is 17.7 Å². The lowest BCUT2D eigenvalue weighted by atomic mass is 9.85. The Morgan fingerprint density at radius 2 is 1.61 bits per heavy atom. The van der Waals surface area contributed by atoms with Crippen LogP contribution in [0.4, 0.5) is 0 Å². The smallest absolute Gasteiger partial charge is 0.246 e. The molecule has 2 bridgehead atoms. The Balaban J connectivity index is 1.46. The number of nitrogens with zero attached hydrogens (tertiary/aromatic N) is 2. The predicted molar refractivity (Wildman–Crippen MR) is 101 cm³/mol. The van der Waals surface area contributed by atoms with E-state index in [1.807, 2.05) is 30.3 Å². The highest BCUT2D eigenvalue weighted by Crippen LogP contribution is 2.53. The van der Waals surface area contributed by atoms with Crippen molar-refractivity contribution < 1.29 is 19.1 Å². The summed E-state index contributed by atoms with van der Waals surface area (Å²) in [5, 5.41) is 0. The fourth-order valence-corrected chi connectivity index (χ4v) is 5.35. The number of hydrogen-bond acceptors (Lipinski definition) is 4. The lowest BCUT2D eigenvalue weighted by molar-refractivity contribution is -0.154. The SMILES string of the molecule is O=C([C@@H](Cc1ccccc1)N1C(=O)[C@@H]2[C@H](C1=O)[C@@H]1C=C[C@H]2C1)N1CCOCC1. The van der Waals surface area contributed by atoms with Crippen LogP contribution < -0.4 is 0 Å². The molecule has 3 fully saturated rings. The minimum Gasteiger partial charge on any atom is -0.378 e. The van der Waals surface area contributed by atoms with Gasteiger partial charge in [0, 0.05) is 19.5 Å². The summed E-state index contributed by atoms with van der Waals surface area (Å²) in [6.07, 6.45) is 5.41. The molecule has 2 aliphatic heterocycles. The molecule has 2 aliphatic carbocycles. The highest BCUT2D eigenvalue weighted by Gasteiger charge is 2.61. The molecule has 0 spiro atoms. The second kappa shape index (κ2) is 6.85. The molecular formula is C22H24N2O4. The van der Waals surface area contributed by atoms with Crippen molar-refractivity contribution in [1.82, 2.24) is 9.80 Å². The van der Waals surface area contributed by atoms with Gasteiger partial charge < -0.3 is 9.64 Å². The van der Waals surface area contributed by atoms with Crippen LogP contribution in [0.25, 0.3) is 0 Å². The first-order chi connectivity index (χ1) is 13.6. The van der Waals surface area contributed by atoms with Crippen molar-refractivity contribution in [3.8, 4) is 0 Å². The lowest BCUT2D eigenvalue weighted by Gasteiger charge is -2.34. The second-order valence-electron chi connectivity index (χ2n) is 8.19. The third kappa shape index (κ3) is 2.70. The van der Waals surface area contributed by atoms with E-state index in [2.05, 4.69) is 12.2 Å². The molecule has 6 nitrogen and oxygen atoms in total. The molecule has 0 N–H and O–H groups in total. The Labute approximate surface area is 164 Å². The Morgan fingerprint density at radius 3 is 2.21 bits per heavy atom. The number of morpholine rings is 1. The van der Waals surface area contributed by atoms with Gasteiger partial charge >= 0.3 is 0 Å². The first-order valence-corrected chi connectivity index (χ1v) is 10.1. The van der Waals surface area contributed by atoms with E-state index in [1.165, 1.54) is 4.90 Å². The van der Waals surface area contributed by atoms with Gasteiger partial charge in [0.2, 0.25) is 17.7 Å². The number of benzene rings is 1. The number of amides is 3. The molecule has 0 unspecified atom stereocenters. The average molecular weight is 380 g/mol. The summed E-state index contributed by atoms with van der Waals surface area (Å²) < 4.78 is 5.36. The normalized spacial score (nSPS) is 32.1. The first-order valence-electron chi connectivity index (χ1n) is 10.1. The van der Waals surface area contributed by atoms with Gasteiger partial charge in [-0.25, -0.2) is 0 Å². The van der Waals surface area contributed by atoms with Crippen LogP contribution in [-0.4, -0.2) is 59.9 Å². The summed E-state index contributed by atoms with van der Waals surface area (Å²) in [7, 11) is 0. The van der Waals surface area contributed by atoms with Gasteiger partial charge in [0.25, 0.3) is 0 Å². The molecule has 6 heteroatoms. The van der Waals surface area contributed by atoms with Crippen LogP contribution in [0.1, 0.15) is 12.0 Å². The quantitative estimate of drug-likeness (QED) is 0.583. The fraction of sp³-hybridized carbons (Fsp3) is 0.500. The Bertz CT molecular complexity index is 800. The summed E-state index contributed by atoms with van der Waals surface area (Å²) in [6.45, 7) is 1.98. The molecule has 1 saturated carbocycles. The minimum atomic E-state index is -0.773. The van der Waals surface area contributed by atoms with E-state index in [4.69, 9.17) is 4.74 Å². The molecule has 2 heterocycles. The number of fused-ring (bicyclic) bond motifs is 5. The molecule has 2 saturated heterocycles. The highest BCUT2D eigenvalue weighted by atomic mass is 16.5. The van der Waals surface area contributed by atoms with E-state index in [9.17, 15) is 14.4 Å². The van der Waals surface area contributed by atoms with E-state index in [1.54, 1.807) is 4.90 Å². The van der Waals surface area contributed by atoms with Crippen LogP contribution in [0, 0.1) is 23.7 Å². The highest BCUT2D eigenvalue weighted by molar-refractivity contribution is 6.09. The zero-order chi connectivity index (χ0) is 19.3. The maximum absolute atomic E-state index is 13.4. The van der Waals surface area contributed by atoms with Crippen LogP contribution in [0.2, 0.25) is 0 Å². The van der Waals surface area contributed by atoms with Crippen LogP contribution in [0.15, 0.2) is 42.5 Å². The molecule has 0 aromatic heterocycles. The molecule has 5 atom stereocenters. The van der Waals surface area contributed by atoms with Crippen molar-refractivity contribution in [3.05, 3.63) is 48.0 Å². The molecule has 5 rings (SSSR count). The average Bonchev–Trinajstić information content (AvgIpc) is 3.41. The third-order valence-electron chi connectivity index (χ3n) is 6.70. The van der Waals surface area contributed by atoms with Crippen molar-refractivity contribution in [3.63, 3.8) is 0 Å². The molecule has 1 aromatic rings. The number of imide groups is 1. The Kier molecular flexibility index (Phi) is 4.31. The number of likely N-dealkylation sites (tertiary alicyclic amines) is 1. The second-order valence-corrected chi connectivity index (χ2v) is 8.19. The molecule has 4 aliphatic rings. The van der Waals surface area contributed by atoms with Crippen LogP contribution >= 0.6 is 0 Å². The van der Waals surface area contributed by atoms with Crippen molar-refractivity contribution in [2.75, 3.05) is 26.3 Å². The molecule has 3 amide bonds. The van der Waals surface area contributed by atoms with Crippen molar-refractivity contribution in [2.24, 2.45) is 23.7 Å². The van der Waals surface area contributed by atoms with Gasteiger partial charge in [-0.1, -0.05) is 42.5 Å². The molecule has 0 radical (unpaired) electrons. The van der Waals surface area contributed by atoms with Gasteiger partial charge in [-0.05, 0) is 23.8 Å². The fourth-order valence-electron chi connectivity index (χ4n) is 5.35. The monoisotopic (exact) mass is 380 g/mol. The van der Waals surface area contributed by atoms with Gasteiger partial charge in [0.1, 0.15) is 6.04 Å². The maximum Gasteiger partial charge on any atom is 0.246 e. The number of rotatable bonds is 4. The minimum absolute atomic E-state index is 0.144. The summed E-state index contributed by atoms with van der Waals surface area (Å²) >= 11 is 0. The van der Waals surface area contributed by atoms with Gasteiger partial charge in [0.05, 0.1) is 25.0 Å². The molecule has 146 valence electrons. The van der Waals surface area contributed by atoms with Gasteiger partial charge in [-0.2, -0.15) is 0 Å². The number of hydrogen-bond donors (Lipinski definition) is 0. The molecule has 1 aromatic carbocycles. The Morgan fingerprint density at radius 1 is 1.00 bits per heavy atom. The molecule has 28 heavy (non-hydrogen) atoms. The summed E-state index contributed by atoms with van der Waals surface area (Å²) in [6, 6.07) is 8.86. The van der Waals surface area contributed by atoms with Crippen LogP contribution in [-0.2, 0) is 25.5 Å². The summed E-state index contributed by atoms with van der Waals surface area (Å²) in [4.78, 5) is 43.0. The van der Waals surface area contributed by atoms with E-state index < -0.39 is 6.04 Å². The zero-order valence-corrected chi connectivity index (χ0v) is 15.7. The summed E-state index contributed by atoms with van der Waals surface area (Å²) in [5.41, 5.74) is 0.952. The Hall–Kier alpha value is -2.47. The van der Waals surface area contributed by atoms with Gasteiger partial charge in [-0.3, -0.25) is 19.3 Å². The van der Waals surface area contributed by atoms with E-state index in [0.717, 1.165) is 12.0 Å². The van der Waals surface area contributed by atoms with Gasteiger partial charge in [-0.15, -0.1) is 0 Å². The standard InChI is InChI=1S/C22H24N2O4/c25-20(23-8-10-28-11-9-23)17(12-14-4-2-1-3-5-14)24-21(26)18-15-6-7-16(13-15)19(18)22(24)27/h1-7,15-19H,8-13H2/t15-,16+,17-,18-,19+/m1/s1. The van der Waals surface area contributed by atoms with E-state index in [0.29, 0.717) is 32.7 Å².